The third kappa shape index (κ3) is 66.5. The highest BCUT2D eigenvalue weighted by Crippen LogP contribution is 2.15. The van der Waals surface area contributed by atoms with E-state index in [1.54, 1.807) is 0 Å². The third-order valence-electron chi connectivity index (χ3n) is 22.1. The van der Waals surface area contributed by atoms with Crippen molar-refractivity contribution in [1.29, 1.82) is 0 Å². The van der Waals surface area contributed by atoms with Gasteiger partial charge in [0, 0.05) is 0 Å². The van der Waals surface area contributed by atoms with Crippen LogP contribution < -0.4 is 4.98 Å². The first kappa shape index (κ1) is 132. The number of hydrogen-bond acceptors (Lipinski definition) is 28. The molecule has 0 aromatic rings. The summed E-state index contributed by atoms with van der Waals surface area (Å²) in [6.07, 6.45) is 0. The van der Waals surface area contributed by atoms with E-state index in [-0.39, 0.29) is 138 Å². The molecular weight excluding hydrogens is 1770 g/mol. The Kier molecular flexibility index (Phi) is 89.8. The maximum atomic E-state index is 3.55. The third-order valence-corrected chi connectivity index (χ3v) is 98.4. The van der Waals surface area contributed by atoms with Gasteiger partial charge in [0.2, 0.25) is 0 Å². The van der Waals surface area contributed by atoms with E-state index in [0.717, 1.165) is 0 Å². The van der Waals surface area contributed by atoms with Crippen LogP contribution in [0, 0.1) is 0 Å². The molecule has 0 aliphatic carbocycles. The van der Waals surface area contributed by atoms with Crippen LogP contribution in [0.4, 0.5) is 0 Å². The summed E-state index contributed by atoms with van der Waals surface area (Å²) in [5.41, 5.74) is 0. The average molecular weight is 1990 g/mol. The van der Waals surface area contributed by atoms with Gasteiger partial charge in [0.15, 0.2) is 200 Å². The lowest BCUT2D eigenvalue weighted by Crippen LogP contribution is -2.68. The molecule has 0 aliphatic rings. The summed E-state index contributed by atoms with van der Waals surface area (Å²) < 4.78 is 71.0. The number of hydrogen-bond donors (Lipinski definition) is 1. The fourth-order valence-corrected chi connectivity index (χ4v) is 88.2. The Morgan fingerprint density at radius 2 is 0.443 bits per heavy atom. The van der Waals surface area contributed by atoms with Crippen molar-refractivity contribution in [1.82, 2.24) is 124 Å². The van der Waals surface area contributed by atoms with E-state index in [1.165, 1.54) is 105 Å². The van der Waals surface area contributed by atoms with E-state index in [4.69, 9.17) is 0 Å². The molecule has 0 heterocycles. The topological polar surface area (TPSA) is 99.5 Å². The van der Waals surface area contributed by atoms with Gasteiger partial charge in [0.05, 0.1) is 0 Å². The van der Waals surface area contributed by atoms with Crippen LogP contribution in [0.25, 0.3) is 0 Å². The molecule has 704 valence electrons. The van der Waals surface area contributed by atoms with Crippen LogP contribution >= 0.6 is 0 Å². The quantitative estimate of drug-likeness (QED) is 0.0585. The maximum Gasteiger partial charge on any atom is 0.187 e. The van der Waals surface area contributed by atoms with Crippen molar-refractivity contribution in [2.24, 2.45) is 0 Å². The zero-order chi connectivity index (χ0) is 91.4. The van der Waals surface area contributed by atoms with Gasteiger partial charge in [-0.15, -0.1) is 0 Å². The van der Waals surface area contributed by atoms with E-state index >= 15 is 0 Å². The van der Waals surface area contributed by atoms with Crippen molar-refractivity contribution in [2.45, 2.75) is 170 Å². The highest BCUT2D eigenvalue weighted by Gasteiger charge is 2.37. The minimum absolute atomic E-state index is 0.119. The van der Waals surface area contributed by atoms with Crippen molar-refractivity contribution in [3.05, 3.63) is 0 Å². The summed E-state index contributed by atoms with van der Waals surface area (Å²) in [5.74, 6) is 0. The SMILES string of the molecule is CCN(CC)[SiH2]N([SiH2]N(C)C)[SiH2]N(CC)CC.CCN(CC)[SiH2]N([SiH2]N(CC)CC)[SiH](C)NC.CCN(CC)[SiH2]N([SiH2]N(CC)CC)[Si](C)(C)N(C)C.CCN(CC)[SiH](C)N([SiH](C)N(C)C)[SiH](C)N(CC)CC.CN(C)[SiH2]N([SiH2]N(C)C)[SiH2]N(C)C.CN(C)[SiH2]N([SiH2]N(C)C)[SiH](C)N(C)C.CN(C)[SiH2]N([SiH2]N(C)C)[Si](C)(C)N(C)C. The summed E-state index contributed by atoms with van der Waals surface area (Å²) in [7, 11) is 45.7. The van der Waals surface area contributed by atoms with Gasteiger partial charge >= 0.3 is 0 Å². The highest BCUT2D eigenvalue weighted by molar-refractivity contribution is 6.85. The first-order chi connectivity index (χ1) is 53.3. The smallest absolute Gasteiger partial charge is 0.187 e. The molecule has 0 aromatic carbocycles. The molecule has 0 aliphatic heterocycles. The van der Waals surface area contributed by atoms with Crippen LogP contribution in [0.15, 0.2) is 0 Å². The molecule has 28 nitrogen and oxygen atoms in total. The molecule has 0 rings (SSSR count). The second kappa shape index (κ2) is 78.5. The molecule has 5 unspecified atom stereocenters. The first-order valence-corrected chi connectivity index (χ1v) is 79.4. The van der Waals surface area contributed by atoms with Gasteiger partial charge in [-0.2, -0.15) is 0 Å². The summed E-state index contributed by atoms with van der Waals surface area (Å²) in [6, 6.07) is 0. The van der Waals surface area contributed by atoms with Crippen LogP contribution in [-0.4, -0.2) is 600 Å². The summed E-state index contributed by atoms with van der Waals surface area (Å²) in [6.45, 7) is 78.7. The fraction of sp³-hybridized carbons (Fsp3) is 1.00. The molecule has 0 fully saturated rings. The number of nitrogens with one attached hydrogen (secondary N) is 1. The van der Waals surface area contributed by atoms with Crippen LogP contribution in [0.1, 0.15) is 111 Å². The van der Waals surface area contributed by atoms with Crippen LogP contribution in [0.5, 0.6) is 0 Å². The highest BCUT2D eigenvalue weighted by atomic mass is 28.4. The number of rotatable bonds is 58. The van der Waals surface area contributed by atoms with Crippen LogP contribution in [-0.2, 0) is 0 Å². The molecule has 115 heavy (non-hydrogen) atoms. The molecule has 0 amide bonds. The zero-order valence-electron chi connectivity index (χ0n) is 87.7. The lowest BCUT2D eigenvalue weighted by atomic mass is 10.7. The standard InChI is InChI=1S/C13H38N4Si3.C12H36N4Si3.2C10H32N4Si3.C8H28N4Si3.C7H26N4Si3.C6H24N4Si3/c1-10-15(11-2)19(8)17(18(7)14(5)6)20(9)16(12-3)13-4;1-9-14(10-2)17-16(18-15(11-3)12-4)19(7,8)13(5)6;1-7-12(8-2)15-14(17(6)11-5)16-13(9-3)10-4;1-7-12(8-2)16-14(15-11(5)6)17-13(9-3)10-4;1-9(2)13-12(14-10(3)4)15(7,8)11(5)6;1-8(2)12-11(13-9(3)4)14(7)10(5)6;1-7(2)11-10(12-8(3)4)13-9(5)6/h18-20H,10-13H2,1-9H3;9-12,17-18H2,1-8H3;11,17H,7-10,15-16H2,1-6H3;7-10,15-17H2,1-6H3;13-14H2,1-8H3;14H,12-13H2,1-7H3;11-13H2,1-6H3. The molecule has 49 heteroatoms. The minimum atomic E-state index is -1.39. The predicted molar refractivity (Wildman–Crippen MR) is 589 cm³/mol. The molecule has 5 atom stereocenters. The Morgan fingerprint density at radius 1 is 0.235 bits per heavy atom. The Hall–Kier alpha value is 3.43. The van der Waals surface area contributed by atoms with E-state index in [0.29, 0.717) is 0 Å². The van der Waals surface area contributed by atoms with Gasteiger partial charge in [0.1, 0.15) is 0 Å². The van der Waals surface area contributed by atoms with Crippen LogP contribution in [0.2, 0.25) is 58.9 Å². The molecule has 0 bridgehead atoms. The lowest BCUT2D eigenvalue weighted by molar-refractivity contribution is 0.428. The zero-order valence-corrected chi connectivity index (χ0v) is 115. The second-order valence-corrected chi connectivity index (χ2v) is 105. The van der Waals surface area contributed by atoms with Crippen LogP contribution in [0.3, 0.4) is 0 Å². The molecule has 1 N–H and O–H groups in total. The normalized spacial score (nSPS) is 15.5. The van der Waals surface area contributed by atoms with Gasteiger partial charge in [-0.05, 0) is 340 Å². The molecule has 0 saturated heterocycles. The van der Waals surface area contributed by atoms with E-state index in [1.807, 2.05) is 0 Å². The van der Waals surface area contributed by atoms with Gasteiger partial charge in [-0.3, -0.25) is 0 Å². The number of nitrogens with zero attached hydrogens (tertiary/aromatic N) is 27. The maximum absolute atomic E-state index is 3.55. The Bertz CT molecular complexity index is 1970. The van der Waals surface area contributed by atoms with Gasteiger partial charge in [-0.1, -0.05) is 111 Å². The van der Waals surface area contributed by atoms with Gasteiger partial charge in [-0.25, -0.2) is 0 Å². The van der Waals surface area contributed by atoms with Gasteiger partial charge in [0.25, 0.3) is 0 Å². The minimum Gasteiger partial charge on any atom is -0.347 e. The van der Waals surface area contributed by atoms with Crippen molar-refractivity contribution in [3.8, 4) is 0 Å². The van der Waals surface area contributed by atoms with E-state index in [2.05, 4.69) is 469 Å². The molecular formula is C66H216N28Si21. The van der Waals surface area contributed by atoms with Crippen molar-refractivity contribution < 1.29 is 0 Å². The van der Waals surface area contributed by atoms with E-state index in [9.17, 15) is 0 Å². The molecule has 0 saturated carbocycles. The molecule has 0 spiro atoms. The predicted octanol–water partition coefficient (Wildman–Crippen LogP) is -7.65. The Balaban J connectivity index is -0.000000238. The molecule has 0 radical (unpaired) electrons. The van der Waals surface area contributed by atoms with Crippen molar-refractivity contribution in [2.75, 3.05) is 281 Å². The second-order valence-electron chi connectivity index (χ2n) is 35.1. The summed E-state index contributed by atoms with van der Waals surface area (Å²) >= 11 is 0. The first-order valence-electron chi connectivity index (χ1n) is 44.9. The van der Waals surface area contributed by atoms with Crippen molar-refractivity contribution >= 4 is 200 Å². The largest absolute Gasteiger partial charge is 0.347 e. The van der Waals surface area contributed by atoms with Gasteiger partial charge < -0.3 is 124 Å². The Labute approximate surface area is 768 Å². The van der Waals surface area contributed by atoms with Crippen molar-refractivity contribution in [3.63, 3.8) is 0 Å². The summed E-state index contributed by atoms with van der Waals surface area (Å²) in [5, 5.41) is 0. The average Bonchev–Trinajstić information content (AvgIpc) is 0.836. The lowest BCUT2D eigenvalue weighted by Gasteiger charge is -2.47. The Morgan fingerprint density at radius 3 is 0.635 bits per heavy atom. The molecule has 0 aromatic heterocycles. The monoisotopic (exact) mass is 1990 g/mol. The fourth-order valence-electron chi connectivity index (χ4n) is 12.9. The summed E-state index contributed by atoms with van der Waals surface area (Å²) in [4.78, 5) is 3.55. The van der Waals surface area contributed by atoms with E-state index < -0.39 is 62.4 Å².